The Kier molecular flexibility index (Phi) is 6.58. The third-order valence-corrected chi connectivity index (χ3v) is 5.21. The van der Waals surface area contributed by atoms with Crippen LogP contribution < -0.4 is 10.9 Å². The maximum atomic E-state index is 13.2. The number of carbonyl (C=O) groups excluding carboxylic acids is 2. The summed E-state index contributed by atoms with van der Waals surface area (Å²) in [6, 6.07) is 12.4. The molecule has 0 spiro atoms. The third-order valence-electron chi connectivity index (χ3n) is 4.55. The molecule has 2 aromatic rings. The summed E-state index contributed by atoms with van der Waals surface area (Å²) in [6.45, 7) is 1.45. The second kappa shape index (κ2) is 9.10. The highest BCUT2D eigenvalue weighted by atomic mass is 79.9. The van der Waals surface area contributed by atoms with E-state index < -0.39 is 17.8 Å². The fraction of sp³-hybridized carbons (Fsp3) is 0.300. The number of amides is 2. The van der Waals surface area contributed by atoms with Gasteiger partial charge in [0.25, 0.3) is 5.91 Å². The molecule has 1 atom stereocenters. The van der Waals surface area contributed by atoms with Crippen LogP contribution >= 0.6 is 15.9 Å². The predicted molar refractivity (Wildman–Crippen MR) is 104 cm³/mol. The van der Waals surface area contributed by atoms with Gasteiger partial charge in [-0.1, -0.05) is 30.3 Å². The van der Waals surface area contributed by atoms with Gasteiger partial charge in [0, 0.05) is 17.6 Å². The Balaban J connectivity index is 1.75. The molecule has 1 aliphatic heterocycles. The minimum Gasteiger partial charge on any atom is -0.341 e. The lowest BCUT2D eigenvalue weighted by Crippen LogP contribution is -2.48. The normalized spacial score (nSPS) is 15.3. The molecule has 0 saturated carbocycles. The van der Waals surface area contributed by atoms with E-state index in [2.05, 4.69) is 26.8 Å². The number of halogens is 2. The molecule has 0 bridgehead atoms. The maximum absolute atomic E-state index is 13.2. The number of benzene rings is 2. The summed E-state index contributed by atoms with van der Waals surface area (Å²) in [5.41, 5.74) is 6.51. The van der Waals surface area contributed by atoms with Crippen LogP contribution in [0.15, 0.2) is 53.0 Å². The highest BCUT2D eigenvalue weighted by molar-refractivity contribution is 9.10. The number of carbonyl (C=O) groups is 2. The Morgan fingerprint density at radius 1 is 1.04 bits per heavy atom. The minimum absolute atomic E-state index is 0.0700. The molecular weight excluding hydrogens is 413 g/mol. The molecular formula is C20H21BrFN3O2. The Hall–Kier alpha value is -2.25. The van der Waals surface area contributed by atoms with E-state index in [4.69, 9.17) is 0 Å². The fourth-order valence-corrected chi connectivity index (χ4v) is 3.64. The van der Waals surface area contributed by atoms with Crippen LogP contribution in [0.1, 0.15) is 41.2 Å². The predicted octanol–water partition coefficient (Wildman–Crippen LogP) is 3.58. The van der Waals surface area contributed by atoms with E-state index in [9.17, 15) is 14.0 Å². The van der Waals surface area contributed by atoms with Gasteiger partial charge in [-0.3, -0.25) is 15.0 Å². The van der Waals surface area contributed by atoms with Crippen molar-refractivity contribution in [3.05, 3.63) is 69.9 Å². The Morgan fingerprint density at radius 3 is 2.41 bits per heavy atom. The second-order valence-electron chi connectivity index (χ2n) is 6.45. The van der Waals surface area contributed by atoms with E-state index in [0.717, 1.165) is 37.9 Å². The summed E-state index contributed by atoms with van der Waals surface area (Å²) in [6.07, 6.45) is 3.10. The average molecular weight is 434 g/mol. The number of hydrogen-bond acceptors (Lipinski definition) is 3. The molecule has 3 rings (SSSR count). The molecule has 2 N–H and O–H groups in total. The topological polar surface area (TPSA) is 61.4 Å². The van der Waals surface area contributed by atoms with Crippen LogP contribution in [0.25, 0.3) is 0 Å². The number of hydrazine groups is 1. The van der Waals surface area contributed by atoms with Crippen molar-refractivity contribution in [2.24, 2.45) is 0 Å². The zero-order chi connectivity index (χ0) is 19.2. The van der Waals surface area contributed by atoms with Crippen LogP contribution in [0.5, 0.6) is 0 Å². The first-order valence-electron chi connectivity index (χ1n) is 8.91. The maximum Gasteiger partial charge on any atom is 0.266 e. The largest absolute Gasteiger partial charge is 0.341 e. The molecule has 5 nitrogen and oxygen atoms in total. The molecule has 0 aliphatic carbocycles. The summed E-state index contributed by atoms with van der Waals surface area (Å²) in [4.78, 5) is 27.3. The molecule has 2 amide bonds. The monoisotopic (exact) mass is 433 g/mol. The van der Waals surface area contributed by atoms with Crippen molar-refractivity contribution in [3.8, 4) is 0 Å². The molecule has 27 heavy (non-hydrogen) atoms. The van der Waals surface area contributed by atoms with Crippen molar-refractivity contribution in [1.29, 1.82) is 0 Å². The number of nitrogens with one attached hydrogen (secondary N) is 2. The van der Waals surface area contributed by atoms with Gasteiger partial charge in [0.05, 0.1) is 5.56 Å². The summed E-state index contributed by atoms with van der Waals surface area (Å²) >= 11 is 3.19. The van der Waals surface area contributed by atoms with Gasteiger partial charge in [-0.05, 0) is 59.0 Å². The van der Waals surface area contributed by atoms with Gasteiger partial charge in [0.2, 0.25) is 5.91 Å². The van der Waals surface area contributed by atoms with Gasteiger partial charge in [-0.25, -0.2) is 9.82 Å². The Morgan fingerprint density at radius 2 is 1.74 bits per heavy atom. The van der Waals surface area contributed by atoms with Crippen LogP contribution in [-0.4, -0.2) is 29.8 Å². The van der Waals surface area contributed by atoms with Crippen molar-refractivity contribution in [2.75, 3.05) is 13.1 Å². The van der Waals surface area contributed by atoms with E-state index in [1.165, 1.54) is 18.2 Å². The molecule has 142 valence electrons. The first-order valence-corrected chi connectivity index (χ1v) is 9.70. The van der Waals surface area contributed by atoms with Gasteiger partial charge in [0.1, 0.15) is 11.9 Å². The smallest absolute Gasteiger partial charge is 0.266 e. The van der Waals surface area contributed by atoms with E-state index in [1.807, 2.05) is 35.2 Å². The molecule has 0 unspecified atom stereocenters. The van der Waals surface area contributed by atoms with Crippen molar-refractivity contribution in [1.82, 2.24) is 15.8 Å². The van der Waals surface area contributed by atoms with Gasteiger partial charge in [-0.15, -0.1) is 0 Å². The van der Waals surface area contributed by atoms with Gasteiger partial charge >= 0.3 is 0 Å². The van der Waals surface area contributed by atoms with Crippen LogP contribution in [0.3, 0.4) is 0 Å². The van der Waals surface area contributed by atoms with E-state index >= 15 is 0 Å². The first kappa shape index (κ1) is 19.5. The van der Waals surface area contributed by atoms with Crippen LogP contribution in [0, 0.1) is 5.82 Å². The number of hydrogen-bond donors (Lipinski definition) is 2. The lowest BCUT2D eigenvalue weighted by Gasteiger charge is -2.31. The van der Waals surface area contributed by atoms with E-state index in [1.54, 1.807) is 0 Å². The third kappa shape index (κ3) is 4.93. The first-order chi connectivity index (χ1) is 13.1. The van der Waals surface area contributed by atoms with Gasteiger partial charge in [0.15, 0.2) is 0 Å². The zero-order valence-electron chi connectivity index (χ0n) is 14.8. The molecule has 1 saturated heterocycles. The van der Waals surface area contributed by atoms with Crippen LogP contribution in [0.4, 0.5) is 4.39 Å². The summed E-state index contributed by atoms with van der Waals surface area (Å²) in [7, 11) is 0. The summed E-state index contributed by atoms with van der Waals surface area (Å²) in [5, 5.41) is 0. The molecule has 1 fully saturated rings. The van der Waals surface area contributed by atoms with E-state index in [-0.39, 0.29) is 11.5 Å². The standard InChI is InChI=1S/C20H21BrFN3O2/c21-17-13-15(22)9-10-16(17)19(26)24-23-18(14-7-3-1-4-8-14)20(27)25-11-5-2-6-12-25/h1,3-4,7-10,13,18,23H,2,5-6,11-12H2,(H,24,26)/t18-/m0/s1. The summed E-state index contributed by atoms with van der Waals surface area (Å²) in [5.74, 6) is -0.956. The number of nitrogens with zero attached hydrogens (tertiary/aromatic N) is 1. The molecule has 0 aromatic heterocycles. The highest BCUT2D eigenvalue weighted by Crippen LogP contribution is 2.20. The lowest BCUT2D eigenvalue weighted by atomic mass is 10.0. The zero-order valence-corrected chi connectivity index (χ0v) is 16.3. The molecule has 1 aliphatic rings. The minimum atomic E-state index is -0.688. The number of piperidine rings is 1. The van der Waals surface area contributed by atoms with Crippen molar-refractivity contribution in [3.63, 3.8) is 0 Å². The highest BCUT2D eigenvalue weighted by Gasteiger charge is 2.27. The molecule has 2 aromatic carbocycles. The Bertz CT molecular complexity index is 810. The van der Waals surface area contributed by atoms with Crippen LogP contribution in [0.2, 0.25) is 0 Å². The van der Waals surface area contributed by atoms with Crippen molar-refractivity contribution in [2.45, 2.75) is 25.3 Å². The number of rotatable bonds is 5. The van der Waals surface area contributed by atoms with Gasteiger partial charge < -0.3 is 4.90 Å². The number of likely N-dealkylation sites (tertiary alicyclic amines) is 1. The molecule has 0 radical (unpaired) electrons. The van der Waals surface area contributed by atoms with Crippen LogP contribution in [-0.2, 0) is 4.79 Å². The van der Waals surface area contributed by atoms with E-state index in [0.29, 0.717) is 4.47 Å². The Labute approximate surface area is 166 Å². The molecule has 7 heteroatoms. The van der Waals surface area contributed by atoms with Crippen molar-refractivity contribution >= 4 is 27.7 Å². The lowest BCUT2D eigenvalue weighted by molar-refractivity contribution is -0.134. The van der Waals surface area contributed by atoms with Gasteiger partial charge in [-0.2, -0.15) is 0 Å². The molecule has 1 heterocycles. The van der Waals surface area contributed by atoms with Crippen molar-refractivity contribution < 1.29 is 14.0 Å². The average Bonchev–Trinajstić information content (AvgIpc) is 2.69. The quantitative estimate of drug-likeness (QED) is 0.708. The SMILES string of the molecule is O=C(NN[C@H](C(=O)N1CCCCC1)c1ccccc1)c1ccc(F)cc1Br. The summed E-state index contributed by atoms with van der Waals surface area (Å²) < 4.78 is 13.6. The second-order valence-corrected chi connectivity index (χ2v) is 7.31. The fourth-order valence-electron chi connectivity index (χ4n) is 3.11.